The van der Waals surface area contributed by atoms with Crippen LogP contribution in [0.25, 0.3) is 0 Å². The molecule has 0 saturated carbocycles. The second-order valence-electron chi connectivity index (χ2n) is 5.94. The molecule has 1 atom stereocenters. The highest BCUT2D eigenvalue weighted by atomic mass is 16.2. The summed E-state index contributed by atoms with van der Waals surface area (Å²) in [4.78, 5) is 36.8. The minimum absolute atomic E-state index is 0.206. The second-order valence-corrected chi connectivity index (χ2v) is 5.94. The molecule has 20 heavy (non-hydrogen) atoms. The van der Waals surface area contributed by atoms with Crippen molar-refractivity contribution in [1.29, 1.82) is 0 Å². The van der Waals surface area contributed by atoms with Gasteiger partial charge in [-0.3, -0.25) is 14.5 Å². The molecule has 2 N–H and O–H groups in total. The first kappa shape index (κ1) is 16.5. The number of hydrogen-bond acceptors (Lipinski definition) is 3. The third kappa shape index (κ3) is 3.95. The molecule has 1 heterocycles. The Kier molecular flexibility index (Phi) is 5.53. The molecule has 0 aromatic carbocycles. The Labute approximate surface area is 120 Å². The van der Waals surface area contributed by atoms with Gasteiger partial charge in [0.15, 0.2) is 0 Å². The number of amides is 4. The van der Waals surface area contributed by atoms with Gasteiger partial charge < -0.3 is 10.6 Å². The maximum Gasteiger partial charge on any atom is 0.325 e. The van der Waals surface area contributed by atoms with Crippen molar-refractivity contribution in [2.45, 2.75) is 52.5 Å². The number of hydrogen-bond donors (Lipinski definition) is 2. The van der Waals surface area contributed by atoms with E-state index in [4.69, 9.17) is 0 Å². The molecule has 1 saturated heterocycles. The third-order valence-electron chi connectivity index (χ3n) is 3.44. The summed E-state index contributed by atoms with van der Waals surface area (Å²) >= 11 is 0. The van der Waals surface area contributed by atoms with Crippen LogP contribution in [0.2, 0.25) is 0 Å². The SMILES string of the molecule is CCCNC(=O)CN1C(=O)NC(C)(CCC(C)C)C1=O. The first-order valence-electron chi connectivity index (χ1n) is 7.21. The molecule has 0 spiro atoms. The fourth-order valence-corrected chi connectivity index (χ4v) is 2.10. The highest BCUT2D eigenvalue weighted by Crippen LogP contribution is 2.24. The zero-order valence-corrected chi connectivity index (χ0v) is 12.8. The van der Waals surface area contributed by atoms with Gasteiger partial charge in [0.25, 0.3) is 5.91 Å². The molecule has 0 aromatic heterocycles. The Balaban J connectivity index is 2.64. The zero-order chi connectivity index (χ0) is 15.3. The van der Waals surface area contributed by atoms with Gasteiger partial charge in [-0.1, -0.05) is 20.8 Å². The minimum atomic E-state index is -0.883. The molecular formula is C14H25N3O3. The van der Waals surface area contributed by atoms with Gasteiger partial charge in [-0.15, -0.1) is 0 Å². The third-order valence-corrected chi connectivity index (χ3v) is 3.44. The lowest BCUT2D eigenvalue weighted by atomic mass is 9.92. The summed E-state index contributed by atoms with van der Waals surface area (Å²) < 4.78 is 0. The summed E-state index contributed by atoms with van der Waals surface area (Å²) in [6.07, 6.45) is 2.25. The van der Waals surface area contributed by atoms with Crippen LogP contribution in [0.4, 0.5) is 4.79 Å². The molecule has 0 aromatic rings. The predicted octanol–water partition coefficient (Wildman–Crippen LogP) is 1.26. The van der Waals surface area contributed by atoms with Gasteiger partial charge >= 0.3 is 6.03 Å². The molecule has 6 nitrogen and oxygen atoms in total. The van der Waals surface area contributed by atoms with Crippen LogP contribution in [0.1, 0.15) is 47.0 Å². The molecule has 114 valence electrons. The number of rotatable bonds is 7. The van der Waals surface area contributed by atoms with E-state index < -0.39 is 11.6 Å². The van der Waals surface area contributed by atoms with Crippen molar-refractivity contribution >= 4 is 17.8 Å². The molecule has 1 unspecified atom stereocenters. The van der Waals surface area contributed by atoms with E-state index in [0.717, 1.165) is 17.7 Å². The van der Waals surface area contributed by atoms with Gasteiger partial charge in [0.05, 0.1) is 0 Å². The largest absolute Gasteiger partial charge is 0.355 e. The molecule has 4 amide bonds. The average Bonchev–Trinajstić information content (AvgIpc) is 2.58. The topological polar surface area (TPSA) is 78.5 Å². The quantitative estimate of drug-likeness (QED) is 0.690. The van der Waals surface area contributed by atoms with Gasteiger partial charge in [0.1, 0.15) is 12.1 Å². The second kappa shape index (κ2) is 6.72. The Morgan fingerprint density at radius 1 is 1.40 bits per heavy atom. The van der Waals surface area contributed by atoms with Gasteiger partial charge in [0.2, 0.25) is 5.91 Å². The normalized spacial score (nSPS) is 22.4. The molecule has 1 aliphatic heterocycles. The van der Waals surface area contributed by atoms with Gasteiger partial charge in [-0.25, -0.2) is 4.79 Å². The molecule has 0 aliphatic carbocycles. The monoisotopic (exact) mass is 283 g/mol. The summed E-state index contributed by atoms with van der Waals surface area (Å²) in [6.45, 7) is 8.15. The average molecular weight is 283 g/mol. The van der Waals surface area contributed by atoms with Crippen LogP contribution in [-0.2, 0) is 9.59 Å². The first-order chi connectivity index (χ1) is 9.30. The molecular weight excluding hydrogens is 258 g/mol. The lowest BCUT2D eigenvalue weighted by Crippen LogP contribution is -2.45. The summed E-state index contributed by atoms with van der Waals surface area (Å²) in [5.41, 5.74) is -0.883. The van der Waals surface area contributed by atoms with E-state index in [0.29, 0.717) is 18.9 Å². The predicted molar refractivity (Wildman–Crippen MR) is 76.0 cm³/mol. The van der Waals surface area contributed by atoms with E-state index in [1.54, 1.807) is 6.92 Å². The Bertz CT molecular complexity index is 395. The summed E-state index contributed by atoms with van der Waals surface area (Å²) in [7, 11) is 0. The van der Waals surface area contributed by atoms with Crippen LogP contribution in [-0.4, -0.2) is 41.4 Å². The van der Waals surface area contributed by atoms with Crippen molar-refractivity contribution in [3.05, 3.63) is 0 Å². The fourth-order valence-electron chi connectivity index (χ4n) is 2.10. The maximum absolute atomic E-state index is 12.3. The zero-order valence-electron chi connectivity index (χ0n) is 12.8. The summed E-state index contributed by atoms with van der Waals surface area (Å²) in [5.74, 6) is -0.156. The number of carbonyl (C=O) groups excluding carboxylic acids is 3. The van der Waals surface area contributed by atoms with E-state index in [2.05, 4.69) is 24.5 Å². The van der Waals surface area contributed by atoms with Crippen LogP contribution in [0.3, 0.4) is 0 Å². The smallest absolute Gasteiger partial charge is 0.325 e. The number of nitrogens with zero attached hydrogens (tertiary/aromatic N) is 1. The van der Waals surface area contributed by atoms with Crippen LogP contribution in [0.15, 0.2) is 0 Å². The Morgan fingerprint density at radius 3 is 2.60 bits per heavy atom. The standard InChI is InChI=1S/C14H25N3O3/c1-5-8-15-11(18)9-17-12(19)14(4,16-13(17)20)7-6-10(2)3/h10H,5-9H2,1-4H3,(H,15,18)(H,16,20). The van der Waals surface area contributed by atoms with Crippen molar-refractivity contribution in [3.63, 3.8) is 0 Å². The van der Waals surface area contributed by atoms with Crippen molar-refractivity contribution in [3.8, 4) is 0 Å². The molecule has 6 heteroatoms. The lowest BCUT2D eigenvalue weighted by Gasteiger charge is -2.22. The van der Waals surface area contributed by atoms with E-state index in [1.165, 1.54) is 0 Å². The van der Waals surface area contributed by atoms with Crippen LogP contribution in [0.5, 0.6) is 0 Å². The number of imide groups is 1. The van der Waals surface area contributed by atoms with E-state index in [1.807, 2.05) is 6.92 Å². The van der Waals surface area contributed by atoms with Crippen LogP contribution >= 0.6 is 0 Å². The number of nitrogens with one attached hydrogen (secondary N) is 2. The maximum atomic E-state index is 12.3. The fraction of sp³-hybridized carbons (Fsp3) is 0.786. The number of urea groups is 1. The molecule has 0 bridgehead atoms. The first-order valence-corrected chi connectivity index (χ1v) is 7.21. The minimum Gasteiger partial charge on any atom is -0.355 e. The Hall–Kier alpha value is -1.59. The molecule has 1 fully saturated rings. The number of carbonyl (C=O) groups is 3. The summed E-state index contributed by atoms with van der Waals surface area (Å²) in [5, 5.41) is 5.37. The Morgan fingerprint density at radius 2 is 2.05 bits per heavy atom. The highest BCUT2D eigenvalue weighted by Gasteiger charge is 2.47. The van der Waals surface area contributed by atoms with Crippen LogP contribution in [0, 0.1) is 5.92 Å². The van der Waals surface area contributed by atoms with Gasteiger partial charge in [-0.2, -0.15) is 0 Å². The van der Waals surface area contributed by atoms with Crippen molar-refractivity contribution in [1.82, 2.24) is 15.5 Å². The molecule has 1 aliphatic rings. The van der Waals surface area contributed by atoms with Crippen LogP contribution < -0.4 is 10.6 Å². The van der Waals surface area contributed by atoms with Crippen molar-refractivity contribution < 1.29 is 14.4 Å². The van der Waals surface area contributed by atoms with E-state index in [9.17, 15) is 14.4 Å². The van der Waals surface area contributed by atoms with Gasteiger partial charge in [-0.05, 0) is 32.1 Å². The van der Waals surface area contributed by atoms with Crippen molar-refractivity contribution in [2.24, 2.45) is 5.92 Å². The van der Waals surface area contributed by atoms with E-state index >= 15 is 0 Å². The van der Waals surface area contributed by atoms with Gasteiger partial charge in [0, 0.05) is 6.54 Å². The molecule has 0 radical (unpaired) electrons. The molecule has 1 rings (SSSR count). The van der Waals surface area contributed by atoms with E-state index in [-0.39, 0.29) is 18.4 Å². The lowest BCUT2D eigenvalue weighted by molar-refractivity contribution is -0.134. The van der Waals surface area contributed by atoms with Crippen molar-refractivity contribution in [2.75, 3.05) is 13.1 Å². The highest BCUT2D eigenvalue weighted by molar-refractivity contribution is 6.08. The summed E-state index contributed by atoms with van der Waals surface area (Å²) in [6, 6.07) is -0.479.